The molecular weight excluding hydrogens is 433 g/mol. The summed E-state index contributed by atoms with van der Waals surface area (Å²) < 4.78 is 46.4. The highest BCUT2D eigenvalue weighted by molar-refractivity contribution is 5.96. The van der Waals surface area contributed by atoms with Gasteiger partial charge in [-0.3, -0.25) is 9.89 Å². The molecule has 6 nitrogen and oxygen atoms in total. The van der Waals surface area contributed by atoms with Gasteiger partial charge in [-0.15, -0.1) is 5.10 Å². The van der Waals surface area contributed by atoms with Gasteiger partial charge in [-0.05, 0) is 29.0 Å². The van der Waals surface area contributed by atoms with E-state index in [2.05, 4.69) is 15.3 Å². The molecule has 0 fully saturated rings. The second kappa shape index (κ2) is 7.77. The molecule has 4 aromatic rings. The maximum atomic E-state index is 13.5. The van der Waals surface area contributed by atoms with Crippen LogP contribution in [0.5, 0.6) is 0 Å². The molecule has 5 rings (SSSR count). The summed E-state index contributed by atoms with van der Waals surface area (Å²) in [5.41, 5.74) is 0.705. The van der Waals surface area contributed by atoms with Crippen molar-refractivity contribution in [1.29, 1.82) is 0 Å². The number of carbonyl (C=O) groups is 1. The Bertz CT molecular complexity index is 1390. The first-order valence-electron chi connectivity index (χ1n) is 10.1. The minimum absolute atomic E-state index is 0.0216. The summed E-state index contributed by atoms with van der Waals surface area (Å²) in [5.74, 6) is -0.576. The predicted molar refractivity (Wildman–Crippen MR) is 116 cm³/mol. The fourth-order valence-corrected chi connectivity index (χ4v) is 3.78. The minimum Gasteiger partial charge on any atom is -0.445 e. The first kappa shape index (κ1) is 20.7. The van der Waals surface area contributed by atoms with Crippen molar-refractivity contribution in [2.75, 3.05) is 0 Å². The molecule has 0 spiro atoms. The predicted octanol–water partition coefficient (Wildman–Crippen LogP) is 5.49. The number of amides is 1. The molecule has 0 bridgehead atoms. The molecule has 1 aliphatic heterocycles. The minimum atomic E-state index is -4.61. The molecule has 166 valence electrons. The van der Waals surface area contributed by atoms with E-state index >= 15 is 0 Å². The molecule has 1 amide bonds. The second-order valence-corrected chi connectivity index (χ2v) is 7.55. The van der Waals surface area contributed by atoms with Crippen molar-refractivity contribution in [2.45, 2.75) is 19.3 Å². The number of ether oxygens (including phenoxy) is 1. The fourth-order valence-electron chi connectivity index (χ4n) is 3.78. The average molecular weight is 450 g/mol. The van der Waals surface area contributed by atoms with Gasteiger partial charge in [0.2, 0.25) is 12.1 Å². The summed E-state index contributed by atoms with van der Waals surface area (Å²) >= 11 is 0. The summed E-state index contributed by atoms with van der Waals surface area (Å²) in [7, 11) is 0. The summed E-state index contributed by atoms with van der Waals surface area (Å²) in [6.07, 6.45) is -5.95. The van der Waals surface area contributed by atoms with Gasteiger partial charge in [-0.1, -0.05) is 54.6 Å². The van der Waals surface area contributed by atoms with Crippen molar-refractivity contribution in [3.63, 3.8) is 0 Å². The highest BCUT2D eigenvalue weighted by atomic mass is 19.4. The highest BCUT2D eigenvalue weighted by Gasteiger charge is 2.41. The van der Waals surface area contributed by atoms with Crippen LogP contribution in [0.3, 0.4) is 0 Å². The molecule has 1 N–H and O–H groups in total. The molecule has 1 aliphatic rings. The van der Waals surface area contributed by atoms with Crippen LogP contribution in [0, 0.1) is 0 Å². The molecule has 2 heterocycles. The van der Waals surface area contributed by atoms with Crippen molar-refractivity contribution < 1.29 is 22.7 Å². The number of carbonyl (C=O) groups excluding carboxylic acids is 1. The number of hydrazone groups is 1. The van der Waals surface area contributed by atoms with E-state index in [0.29, 0.717) is 11.4 Å². The van der Waals surface area contributed by atoms with Crippen LogP contribution in [0.1, 0.15) is 30.0 Å². The highest BCUT2D eigenvalue weighted by Crippen LogP contribution is 2.39. The number of hydrogen-bond donors (Lipinski definition) is 1. The van der Waals surface area contributed by atoms with Gasteiger partial charge in [0, 0.05) is 18.1 Å². The zero-order chi connectivity index (χ0) is 23.2. The van der Waals surface area contributed by atoms with Crippen LogP contribution in [-0.4, -0.2) is 27.0 Å². The number of alkyl halides is 3. The van der Waals surface area contributed by atoms with E-state index in [-0.39, 0.29) is 11.5 Å². The number of nitrogens with one attached hydrogen (secondary N) is 1. The first-order chi connectivity index (χ1) is 15.8. The third kappa shape index (κ3) is 3.82. The van der Waals surface area contributed by atoms with E-state index in [4.69, 9.17) is 4.74 Å². The lowest BCUT2D eigenvalue weighted by Gasteiger charge is -2.22. The molecule has 1 atom stereocenters. The van der Waals surface area contributed by atoms with Gasteiger partial charge in [0.15, 0.2) is 0 Å². The van der Waals surface area contributed by atoms with E-state index in [1.807, 2.05) is 42.5 Å². The number of halogens is 3. The van der Waals surface area contributed by atoms with Gasteiger partial charge >= 0.3 is 6.18 Å². The van der Waals surface area contributed by atoms with Crippen LogP contribution in [0.2, 0.25) is 0 Å². The number of fused-ring (bicyclic) bond motifs is 1. The number of benzene rings is 3. The average Bonchev–Trinajstić information content (AvgIpc) is 3.46. The number of aromatic amines is 1. The van der Waals surface area contributed by atoms with Crippen LogP contribution in [-0.2, 0) is 15.7 Å². The van der Waals surface area contributed by atoms with Crippen molar-refractivity contribution >= 4 is 22.6 Å². The van der Waals surface area contributed by atoms with Gasteiger partial charge in [0.25, 0.3) is 5.90 Å². The Morgan fingerprint density at radius 1 is 1.00 bits per heavy atom. The molecular formula is C24H17F3N4O2. The summed E-state index contributed by atoms with van der Waals surface area (Å²) in [5, 5.41) is 14.3. The first-order valence-corrected chi connectivity index (χ1v) is 10.1. The number of H-pyrrole nitrogens is 1. The Balaban J connectivity index is 1.48. The quantitative estimate of drug-likeness (QED) is 0.449. The van der Waals surface area contributed by atoms with Crippen LogP contribution in [0.15, 0.2) is 77.9 Å². The van der Waals surface area contributed by atoms with Crippen molar-refractivity contribution in [3.8, 4) is 11.3 Å². The zero-order valence-electron chi connectivity index (χ0n) is 17.3. The zero-order valence-corrected chi connectivity index (χ0v) is 17.3. The third-order valence-corrected chi connectivity index (χ3v) is 5.35. The van der Waals surface area contributed by atoms with Crippen LogP contribution >= 0.6 is 0 Å². The molecule has 0 saturated heterocycles. The molecule has 3 aromatic carbocycles. The maximum Gasteiger partial charge on any atom is 0.416 e. The molecule has 0 aliphatic carbocycles. The lowest BCUT2D eigenvalue weighted by atomic mass is 10.0. The maximum absolute atomic E-state index is 13.5. The molecule has 33 heavy (non-hydrogen) atoms. The van der Waals surface area contributed by atoms with E-state index < -0.39 is 23.9 Å². The van der Waals surface area contributed by atoms with E-state index in [0.717, 1.165) is 27.4 Å². The Labute approximate surface area is 186 Å². The Morgan fingerprint density at radius 2 is 1.73 bits per heavy atom. The Hall–Kier alpha value is -4.14. The number of rotatable bonds is 3. The van der Waals surface area contributed by atoms with Gasteiger partial charge in [-0.2, -0.15) is 23.3 Å². The van der Waals surface area contributed by atoms with Gasteiger partial charge in [0.1, 0.15) is 5.69 Å². The van der Waals surface area contributed by atoms with E-state index in [1.54, 1.807) is 6.07 Å². The molecule has 0 radical (unpaired) electrons. The van der Waals surface area contributed by atoms with Crippen molar-refractivity contribution in [3.05, 3.63) is 89.6 Å². The van der Waals surface area contributed by atoms with Crippen LogP contribution < -0.4 is 0 Å². The molecule has 9 heteroatoms. The Kier molecular flexibility index (Phi) is 4.88. The molecule has 0 saturated carbocycles. The third-order valence-electron chi connectivity index (χ3n) is 5.35. The van der Waals surface area contributed by atoms with Gasteiger partial charge < -0.3 is 4.74 Å². The Morgan fingerprint density at radius 3 is 2.48 bits per heavy atom. The normalized spacial score (nSPS) is 16.1. The monoisotopic (exact) mass is 450 g/mol. The molecule has 1 aromatic heterocycles. The van der Waals surface area contributed by atoms with Crippen LogP contribution in [0.25, 0.3) is 22.0 Å². The van der Waals surface area contributed by atoms with Crippen molar-refractivity contribution in [2.24, 2.45) is 5.10 Å². The fraction of sp³-hybridized carbons (Fsp3) is 0.125. The second-order valence-electron chi connectivity index (χ2n) is 7.55. The topological polar surface area (TPSA) is 70.6 Å². The lowest BCUT2D eigenvalue weighted by Crippen LogP contribution is -2.27. The summed E-state index contributed by atoms with van der Waals surface area (Å²) in [6.45, 7) is 1.21. The standard InChI is InChI=1S/C24H17F3N4O2/c1-14(32)31-23(18-8-4-5-9-19(18)24(25,26)27)33-22(30-31)21-13-20(28-29-21)17-11-10-15-6-2-3-7-16(15)12-17/h2-13,23H,1H3,(H,28,29). The molecule has 1 unspecified atom stereocenters. The summed E-state index contributed by atoms with van der Waals surface area (Å²) in [6, 6.07) is 20.4. The number of nitrogens with zero attached hydrogens (tertiary/aromatic N) is 3. The van der Waals surface area contributed by atoms with E-state index in [1.165, 1.54) is 25.1 Å². The lowest BCUT2D eigenvalue weighted by molar-refractivity contribution is -0.143. The smallest absolute Gasteiger partial charge is 0.416 e. The largest absolute Gasteiger partial charge is 0.445 e. The number of hydrogen-bond acceptors (Lipinski definition) is 4. The van der Waals surface area contributed by atoms with Gasteiger partial charge in [0.05, 0.1) is 11.3 Å². The van der Waals surface area contributed by atoms with Gasteiger partial charge in [-0.25, -0.2) is 0 Å². The van der Waals surface area contributed by atoms with E-state index in [9.17, 15) is 18.0 Å². The van der Waals surface area contributed by atoms with Crippen LogP contribution in [0.4, 0.5) is 13.2 Å². The summed E-state index contributed by atoms with van der Waals surface area (Å²) in [4.78, 5) is 12.2. The van der Waals surface area contributed by atoms with Crippen molar-refractivity contribution in [1.82, 2.24) is 15.2 Å². The number of aromatic nitrogens is 2. The SMILES string of the molecule is CC(=O)N1N=C(c2cc(-c3ccc4ccccc4c3)n[nH]2)OC1c1ccccc1C(F)(F)F.